The predicted molar refractivity (Wildman–Crippen MR) is 82.3 cm³/mol. The number of hydrogen-bond donors (Lipinski definition) is 3. The molecule has 2 atom stereocenters. The molecule has 6 nitrogen and oxygen atoms in total. The zero-order chi connectivity index (χ0) is 15.7. The first kappa shape index (κ1) is 17.8. The molecular weight excluding hydrogens is 270 g/mol. The smallest absolute Gasteiger partial charge is 0.314 e. The SMILES string of the molecule is CCC(CNC(=O)NCCCN1CCCCC1C)C(=O)O. The number of likely N-dealkylation sites (tertiary alicyclic amines) is 1. The number of nitrogens with zero attached hydrogens (tertiary/aromatic N) is 1. The van der Waals surface area contributed by atoms with E-state index in [0.717, 1.165) is 19.5 Å². The summed E-state index contributed by atoms with van der Waals surface area (Å²) in [6.07, 6.45) is 5.30. The van der Waals surface area contributed by atoms with Crippen molar-refractivity contribution in [1.29, 1.82) is 0 Å². The second kappa shape index (κ2) is 9.60. The van der Waals surface area contributed by atoms with Gasteiger partial charge in [0.2, 0.25) is 0 Å². The lowest BCUT2D eigenvalue weighted by atomic mass is 10.0. The quantitative estimate of drug-likeness (QED) is 0.595. The molecular formula is C15H29N3O3. The Morgan fingerprint density at radius 1 is 1.33 bits per heavy atom. The zero-order valence-corrected chi connectivity index (χ0v) is 13.2. The summed E-state index contributed by atoms with van der Waals surface area (Å²) >= 11 is 0. The molecule has 0 aromatic rings. The van der Waals surface area contributed by atoms with E-state index in [4.69, 9.17) is 5.11 Å². The second-order valence-corrected chi connectivity index (χ2v) is 5.81. The molecule has 0 aromatic heterocycles. The Morgan fingerprint density at radius 2 is 2.10 bits per heavy atom. The van der Waals surface area contributed by atoms with Gasteiger partial charge in [0, 0.05) is 25.7 Å². The second-order valence-electron chi connectivity index (χ2n) is 5.81. The van der Waals surface area contributed by atoms with Gasteiger partial charge in [0.05, 0.1) is 5.92 Å². The van der Waals surface area contributed by atoms with E-state index in [1.165, 1.54) is 19.3 Å². The maximum absolute atomic E-state index is 11.6. The fourth-order valence-corrected chi connectivity index (χ4v) is 2.66. The van der Waals surface area contributed by atoms with Crippen LogP contribution in [0.25, 0.3) is 0 Å². The normalized spacial score (nSPS) is 20.8. The molecule has 1 saturated heterocycles. The fourth-order valence-electron chi connectivity index (χ4n) is 2.66. The lowest BCUT2D eigenvalue weighted by Gasteiger charge is -2.33. The van der Waals surface area contributed by atoms with Crippen molar-refractivity contribution in [2.75, 3.05) is 26.2 Å². The lowest BCUT2D eigenvalue weighted by Crippen LogP contribution is -2.42. The Labute approximate surface area is 127 Å². The van der Waals surface area contributed by atoms with Crippen molar-refractivity contribution in [3.8, 4) is 0 Å². The number of urea groups is 1. The number of nitrogens with one attached hydrogen (secondary N) is 2. The topological polar surface area (TPSA) is 81.7 Å². The molecule has 2 unspecified atom stereocenters. The third kappa shape index (κ3) is 6.80. The molecule has 122 valence electrons. The maximum Gasteiger partial charge on any atom is 0.314 e. The molecule has 1 rings (SSSR count). The highest BCUT2D eigenvalue weighted by atomic mass is 16.4. The van der Waals surface area contributed by atoms with Gasteiger partial charge in [-0.1, -0.05) is 13.3 Å². The third-order valence-electron chi connectivity index (χ3n) is 4.20. The molecule has 3 N–H and O–H groups in total. The van der Waals surface area contributed by atoms with Crippen molar-refractivity contribution < 1.29 is 14.7 Å². The van der Waals surface area contributed by atoms with Gasteiger partial charge in [-0.05, 0) is 39.2 Å². The van der Waals surface area contributed by atoms with Crippen molar-refractivity contribution in [2.24, 2.45) is 5.92 Å². The van der Waals surface area contributed by atoms with Gasteiger partial charge in [-0.3, -0.25) is 4.79 Å². The minimum absolute atomic E-state index is 0.181. The highest BCUT2D eigenvalue weighted by molar-refractivity contribution is 5.75. The predicted octanol–water partition coefficient (Wildman–Crippen LogP) is 1.66. The van der Waals surface area contributed by atoms with Crippen LogP contribution in [-0.2, 0) is 4.79 Å². The van der Waals surface area contributed by atoms with Crippen molar-refractivity contribution in [1.82, 2.24) is 15.5 Å². The molecule has 6 heteroatoms. The highest BCUT2D eigenvalue weighted by Crippen LogP contribution is 2.15. The number of piperidine rings is 1. The minimum Gasteiger partial charge on any atom is -0.481 e. The van der Waals surface area contributed by atoms with E-state index in [1.807, 2.05) is 0 Å². The maximum atomic E-state index is 11.6. The molecule has 0 saturated carbocycles. The van der Waals surface area contributed by atoms with E-state index in [0.29, 0.717) is 19.0 Å². The van der Waals surface area contributed by atoms with Crippen LogP contribution >= 0.6 is 0 Å². The summed E-state index contributed by atoms with van der Waals surface area (Å²) in [4.78, 5) is 24.9. The van der Waals surface area contributed by atoms with Crippen LogP contribution in [0.4, 0.5) is 4.79 Å². The molecule has 0 bridgehead atoms. The van der Waals surface area contributed by atoms with Crippen LogP contribution in [0.1, 0.15) is 46.0 Å². The van der Waals surface area contributed by atoms with Gasteiger partial charge >= 0.3 is 12.0 Å². The Hall–Kier alpha value is -1.30. The van der Waals surface area contributed by atoms with E-state index in [1.54, 1.807) is 6.92 Å². The van der Waals surface area contributed by atoms with Crippen LogP contribution in [0.15, 0.2) is 0 Å². The average molecular weight is 299 g/mol. The van der Waals surface area contributed by atoms with Gasteiger partial charge in [-0.2, -0.15) is 0 Å². The van der Waals surface area contributed by atoms with Gasteiger partial charge in [-0.25, -0.2) is 4.79 Å². The van der Waals surface area contributed by atoms with Crippen LogP contribution in [0.3, 0.4) is 0 Å². The van der Waals surface area contributed by atoms with Gasteiger partial charge in [-0.15, -0.1) is 0 Å². The van der Waals surface area contributed by atoms with Crippen LogP contribution in [-0.4, -0.2) is 54.2 Å². The summed E-state index contributed by atoms with van der Waals surface area (Å²) in [5.74, 6) is -1.37. The first-order valence-electron chi connectivity index (χ1n) is 8.03. The van der Waals surface area contributed by atoms with E-state index < -0.39 is 11.9 Å². The third-order valence-corrected chi connectivity index (χ3v) is 4.20. The highest BCUT2D eigenvalue weighted by Gasteiger charge is 2.18. The van der Waals surface area contributed by atoms with Crippen LogP contribution in [0, 0.1) is 5.92 Å². The number of carbonyl (C=O) groups excluding carboxylic acids is 1. The fraction of sp³-hybridized carbons (Fsp3) is 0.867. The number of amides is 2. The Bertz CT molecular complexity index is 336. The van der Waals surface area contributed by atoms with Crippen LogP contribution in [0.2, 0.25) is 0 Å². The van der Waals surface area contributed by atoms with Gasteiger partial charge < -0.3 is 20.6 Å². The van der Waals surface area contributed by atoms with Crippen molar-refractivity contribution in [3.63, 3.8) is 0 Å². The summed E-state index contributed by atoms with van der Waals surface area (Å²) in [7, 11) is 0. The van der Waals surface area contributed by atoms with Crippen molar-refractivity contribution in [3.05, 3.63) is 0 Å². The summed E-state index contributed by atoms with van der Waals surface area (Å²) in [6, 6.07) is 0.370. The van der Waals surface area contributed by atoms with Gasteiger partial charge in [0.15, 0.2) is 0 Å². The first-order valence-corrected chi connectivity index (χ1v) is 8.03. The van der Waals surface area contributed by atoms with Gasteiger partial charge in [0.25, 0.3) is 0 Å². The number of rotatable bonds is 8. The molecule has 1 heterocycles. The zero-order valence-electron chi connectivity index (χ0n) is 13.2. The van der Waals surface area contributed by atoms with Crippen molar-refractivity contribution >= 4 is 12.0 Å². The summed E-state index contributed by atoms with van der Waals surface area (Å²) in [5, 5.41) is 14.3. The van der Waals surface area contributed by atoms with Crippen LogP contribution < -0.4 is 10.6 Å². The van der Waals surface area contributed by atoms with E-state index in [2.05, 4.69) is 22.5 Å². The van der Waals surface area contributed by atoms with Crippen LogP contribution in [0.5, 0.6) is 0 Å². The number of carboxylic acids is 1. The molecule has 1 aliphatic heterocycles. The lowest BCUT2D eigenvalue weighted by molar-refractivity contribution is -0.141. The first-order chi connectivity index (χ1) is 10.0. The minimum atomic E-state index is -0.864. The number of carboxylic acid groups (broad SMARTS) is 1. The van der Waals surface area contributed by atoms with E-state index in [9.17, 15) is 9.59 Å². The molecule has 2 amide bonds. The number of carbonyl (C=O) groups is 2. The summed E-state index contributed by atoms with van der Waals surface area (Å²) in [5.41, 5.74) is 0. The molecule has 1 aliphatic rings. The standard InChI is InChI=1S/C15H29N3O3/c1-3-13(14(19)20)11-17-15(21)16-8-6-10-18-9-5-4-7-12(18)2/h12-13H,3-11H2,1-2H3,(H,19,20)(H2,16,17,21). The van der Waals surface area contributed by atoms with E-state index >= 15 is 0 Å². The Kier molecular flexibility index (Phi) is 8.12. The molecule has 21 heavy (non-hydrogen) atoms. The average Bonchev–Trinajstić information content (AvgIpc) is 2.45. The largest absolute Gasteiger partial charge is 0.481 e. The molecule has 0 aliphatic carbocycles. The summed E-state index contributed by atoms with van der Waals surface area (Å²) in [6.45, 7) is 7.03. The van der Waals surface area contributed by atoms with E-state index in [-0.39, 0.29) is 12.6 Å². The Morgan fingerprint density at radius 3 is 2.71 bits per heavy atom. The number of aliphatic carboxylic acids is 1. The molecule has 0 aromatic carbocycles. The summed E-state index contributed by atoms with van der Waals surface area (Å²) < 4.78 is 0. The monoisotopic (exact) mass is 299 g/mol. The molecule has 1 fully saturated rings. The number of hydrogen-bond acceptors (Lipinski definition) is 3. The molecule has 0 radical (unpaired) electrons. The van der Waals surface area contributed by atoms with Crippen molar-refractivity contribution in [2.45, 2.75) is 52.0 Å². The van der Waals surface area contributed by atoms with Gasteiger partial charge in [0.1, 0.15) is 0 Å². The Balaban J connectivity index is 2.09. The molecule has 0 spiro atoms.